The van der Waals surface area contributed by atoms with Gasteiger partial charge in [-0.15, -0.1) is 0 Å². The number of nitriles is 1. The summed E-state index contributed by atoms with van der Waals surface area (Å²) in [5.41, 5.74) is 0.347. The molecule has 0 bridgehead atoms. The fourth-order valence-electron chi connectivity index (χ4n) is 1.55. The summed E-state index contributed by atoms with van der Waals surface area (Å²) in [6.07, 6.45) is 0. The molecule has 0 unspecified atom stereocenters. The second kappa shape index (κ2) is 4.30. The number of hydrogen-bond acceptors (Lipinski definition) is 4. The third kappa shape index (κ3) is 1.82. The van der Waals surface area contributed by atoms with E-state index in [1.165, 1.54) is 19.1 Å². The highest BCUT2D eigenvalue weighted by atomic mass is 19.1. The molecule has 0 saturated heterocycles. The van der Waals surface area contributed by atoms with Crippen molar-refractivity contribution in [1.82, 2.24) is 5.16 Å². The molecule has 2 aromatic rings. The molecule has 1 N–H and O–H groups in total. The Hall–Kier alpha value is -2.68. The van der Waals surface area contributed by atoms with Gasteiger partial charge in [0, 0.05) is 11.1 Å². The molecule has 0 fully saturated rings. The molecular weight excluding hydrogens is 239 g/mol. The fourth-order valence-corrected chi connectivity index (χ4v) is 1.55. The summed E-state index contributed by atoms with van der Waals surface area (Å²) in [4.78, 5) is 10.8. The molecule has 0 saturated carbocycles. The van der Waals surface area contributed by atoms with Gasteiger partial charge in [0.15, 0.2) is 11.5 Å². The van der Waals surface area contributed by atoms with Gasteiger partial charge in [0.1, 0.15) is 11.9 Å². The van der Waals surface area contributed by atoms with Crippen molar-refractivity contribution < 1.29 is 18.8 Å². The van der Waals surface area contributed by atoms with Crippen LogP contribution in [0.5, 0.6) is 0 Å². The average molecular weight is 246 g/mol. The SMILES string of the molecule is Cc1c(C(=O)O)noc1-c1ccc(C#N)c(F)c1. The highest BCUT2D eigenvalue weighted by Crippen LogP contribution is 2.27. The van der Waals surface area contributed by atoms with Crippen molar-refractivity contribution in [3.8, 4) is 17.4 Å². The van der Waals surface area contributed by atoms with Crippen molar-refractivity contribution in [2.24, 2.45) is 0 Å². The lowest BCUT2D eigenvalue weighted by Gasteiger charge is -1.99. The van der Waals surface area contributed by atoms with E-state index in [1.54, 1.807) is 6.07 Å². The molecule has 6 heteroatoms. The number of halogens is 1. The Balaban J connectivity index is 2.53. The van der Waals surface area contributed by atoms with E-state index in [2.05, 4.69) is 5.16 Å². The van der Waals surface area contributed by atoms with Gasteiger partial charge in [0.25, 0.3) is 0 Å². The second-order valence-electron chi connectivity index (χ2n) is 3.60. The lowest BCUT2D eigenvalue weighted by molar-refractivity contribution is 0.0685. The Kier molecular flexibility index (Phi) is 2.81. The number of carboxylic acid groups (broad SMARTS) is 1. The van der Waals surface area contributed by atoms with Crippen LogP contribution in [0.4, 0.5) is 4.39 Å². The van der Waals surface area contributed by atoms with Gasteiger partial charge in [-0.25, -0.2) is 9.18 Å². The van der Waals surface area contributed by atoms with Crippen molar-refractivity contribution in [3.63, 3.8) is 0 Å². The van der Waals surface area contributed by atoms with Crippen LogP contribution in [0.3, 0.4) is 0 Å². The number of nitrogens with zero attached hydrogens (tertiary/aromatic N) is 2. The summed E-state index contributed by atoms with van der Waals surface area (Å²) in [7, 11) is 0. The van der Waals surface area contributed by atoms with Crippen LogP contribution in [-0.2, 0) is 0 Å². The third-order valence-electron chi connectivity index (χ3n) is 2.48. The molecule has 0 aliphatic carbocycles. The van der Waals surface area contributed by atoms with Crippen LogP contribution in [0.25, 0.3) is 11.3 Å². The van der Waals surface area contributed by atoms with Gasteiger partial charge >= 0.3 is 5.97 Å². The molecule has 0 spiro atoms. The monoisotopic (exact) mass is 246 g/mol. The van der Waals surface area contributed by atoms with Crippen LogP contribution in [0.15, 0.2) is 22.7 Å². The smallest absolute Gasteiger partial charge is 0.358 e. The van der Waals surface area contributed by atoms with Crippen molar-refractivity contribution in [3.05, 3.63) is 40.8 Å². The summed E-state index contributed by atoms with van der Waals surface area (Å²) < 4.78 is 18.3. The van der Waals surface area contributed by atoms with E-state index in [0.29, 0.717) is 11.1 Å². The molecule has 0 radical (unpaired) electrons. The van der Waals surface area contributed by atoms with E-state index in [4.69, 9.17) is 14.9 Å². The normalized spacial score (nSPS) is 10.1. The first kappa shape index (κ1) is 11.8. The van der Waals surface area contributed by atoms with Gasteiger partial charge in [0.2, 0.25) is 0 Å². The van der Waals surface area contributed by atoms with Crippen molar-refractivity contribution in [1.29, 1.82) is 5.26 Å². The minimum Gasteiger partial charge on any atom is -0.476 e. The molecular formula is C12H7FN2O3. The fraction of sp³-hybridized carbons (Fsp3) is 0.0833. The maximum absolute atomic E-state index is 13.4. The minimum atomic E-state index is -1.21. The second-order valence-corrected chi connectivity index (χ2v) is 3.60. The van der Waals surface area contributed by atoms with Gasteiger partial charge < -0.3 is 9.63 Å². The molecule has 5 nitrogen and oxygen atoms in total. The Morgan fingerprint density at radius 1 is 1.56 bits per heavy atom. The van der Waals surface area contributed by atoms with E-state index in [-0.39, 0.29) is 17.0 Å². The van der Waals surface area contributed by atoms with Crippen molar-refractivity contribution >= 4 is 5.97 Å². The number of aromatic carboxylic acids is 1. The van der Waals surface area contributed by atoms with Gasteiger partial charge in [-0.1, -0.05) is 5.16 Å². The standard InChI is InChI=1S/C12H7FN2O3/c1-6-10(12(16)17)15-18-11(6)7-2-3-8(5-14)9(13)4-7/h2-4H,1H3,(H,16,17). The zero-order valence-electron chi connectivity index (χ0n) is 9.27. The Bertz CT molecular complexity index is 670. The molecule has 0 amide bonds. The van der Waals surface area contributed by atoms with Crippen molar-refractivity contribution in [2.75, 3.05) is 0 Å². The van der Waals surface area contributed by atoms with Gasteiger partial charge in [-0.3, -0.25) is 0 Å². The van der Waals surface area contributed by atoms with E-state index in [0.717, 1.165) is 6.07 Å². The van der Waals surface area contributed by atoms with Gasteiger partial charge in [-0.2, -0.15) is 5.26 Å². The lowest BCUT2D eigenvalue weighted by Crippen LogP contribution is -1.98. The summed E-state index contributed by atoms with van der Waals surface area (Å²) in [5.74, 6) is -1.73. The highest BCUT2D eigenvalue weighted by Gasteiger charge is 2.19. The first-order valence-corrected chi connectivity index (χ1v) is 4.94. The molecule has 1 heterocycles. The molecule has 18 heavy (non-hydrogen) atoms. The molecule has 90 valence electrons. The Labute approximate surface area is 101 Å². The van der Waals surface area contributed by atoms with Gasteiger partial charge in [0.05, 0.1) is 5.56 Å². The van der Waals surface area contributed by atoms with E-state index in [1.807, 2.05) is 0 Å². The maximum atomic E-state index is 13.4. The first-order valence-electron chi connectivity index (χ1n) is 4.94. The lowest BCUT2D eigenvalue weighted by atomic mass is 10.1. The molecule has 0 atom stereocenters. The average Bonchev–Trinajstić information content (AvgIpc) is 2.71. The quantitative estimate of drug-likeness (QED) is 0.878. The first-order chi connectivity index (χ1) is 8.54. The number of aromatic nitrogens is 1. The summed E-state index contributed by atoms with van der Waals surface area (Å²) >= 11 is 0. The number of benzene rings is 1. The maximum Gasteiger partial charge on any atom is 0.358 e. The molecule has 1 aromatic carbocycles. The van der Waals surface area contributed by atoms with Crippen LogP contribution in [-0.4, -0.2) is 16.2 Å². The highest BCUT2D eigenvalue weighted by molar-refractivity contribution is 5.88. The predicted octanol–water partition coefficient (Wildman–Crippen LogP) is 2.36. The minimum absolute atomic E-state index is 0.0885. The topological polar surface area (TPSA) is 87.1 Å². The zero-order valence-corrected chi connectivity index (χ0v) is 9.27. The third-order valence-corrected chi connectivity index (χ3v) is 2.48. The van der Waals surface area contributed by atoms with Gasteiger partial charge in [-0.05, 0) is 25.1 Å². The van der Waals surface area contributed by atoms with Crippen molar-refractivity contribution in [2.45, 2.75) is 6.92 Å². The Morgan fingerprint density at radius 3 is 2.78 bits per heavy atom. The van der Waals surface area contributed by atoms with E-state index < -0.39 is 11.8 Å². The van der Waals surface area contributed by atoms with E-state index in [9.17, 15) is 9.18 Å². The molecule has 2 rings (SSSR count). The number of rotatable bonds is 2. The van der Waals surface area contributed by atoms with E-state index >= 15 is 0 Å². The van der Waals surface area contributed by atoms with Crippen LogP contribution in [0.2, 0.25) is 0 Å². The number of hydrogen-bond donors (Lipinski definition) is 1. The number of carboxylic acids is 1. The Morgan fingerprint density at radius 2 is 2.28 bits per heavy atom. The predicted molar refractivity (Wildman–Crippen MR) is 58.3 cm³/mol. The van der Waals surface area contributed by atoms with Crippen LogP contribution in [0.1, 0.15) is 21.6 Å². The molecule has 1 aromatic heterocycles. The zero-order chi connectivity index (χ0) is 13.3. The molecule has 0 aliphatic rings. The largest absolute Gasteiger partial charge is 0.476 e. The number of carbonyl (C=O) groups is 1. The van der Waals surface area contributed by atoms with Crippen LogP contribution < -0.4 is 0 Å². The summed E-state index contributed by atoms with van der Waals surface area (Å²) in [5, 5.41) is 20.8. The van der Waals surface area contributed by atoms with Crippen LogP contribution >= 0.6 is 0 Å². The molecule has 0 aliphatic heterocycles. The van der Waals surface area contributed by atoms with Crippen LogP contribution in [0, 0.1) is 24.1 Å². The summed E-state index contributed by atoms with van der Waals surface area (Å²) in [6.45, 7) is 1.52. The summed E-state index contributed by atoms with van der Waals surface area (Å²) in [6, 6.07) is 5.58.